The molecular weight excluding hydrogens is 246 g/mol. The van der Waals surface area contributed by atoms with Gasteiger partial charge in [-0.2, -0.15) is 0 Å². The standard InChI is InChI=1S/C7H5NS2.C2H2N2S/c9-7-8-5-3-1-2-4-6(5)10-7;1-2-5-4-3-1/h1-4H,(H,8,9);1-2H. The molecule has 15 heavy (non-hydrogen) atoms. The predicted molar refractivity (Wildman–Crippen MR) is 66.8 cm³/mol. The molecule has 0 amide bonds. The molecule has 1 aromatic carbocycles. The Balaban J connectivity index is 0.000000144. The van der Waals surface area contributed by atoms with E-state index in [2.05, 4.69) is 27.2 Å². The summed E-state index contributed by atoms with van der Waals surface area (Å²) in [5.74, 6) is 0. The van der Waals surface area contributed by atoms with Crippen molar-refractivity contribution in [2.45, 2.75) is 4.34 Å². The van der Waals surface area contributed by atoms with E-state index in [1.165, 1.54) is 16.2 Å². The minimum atomic E-state index is 0.834. The molecule has 6 heteroatoms. The monoisotopic (exact) mass is 253 g/mol. The Kier molecular flexibility index (Phi) is 3.65. The van der Waals surface area contributed by atoms with Gasteiger partial charge in [0.2, 0.25) is 0 Å². The van der Waals surface area contributed by atoms with E-state index < -0.39 is 0 Å². The topological polar surface area (TPSA) is 38.7 Å². The van der Waals surface area contributed by atoms with Crippen molar-refractivity contribution in [2.75, 3.05) is 0 Å². The fourth-order valence-electron chi connectivity index (χ4n) is 0.996. The van der Waals surface area contributed by atoms with E-state index in [-0.39, 0.29) is 0 Å². The molecule has 0 unspecified atom stereocenters. The van der Waals surface area contributed by atoms with Gasteiger partial charge in [0.05, 0.1) is 16.4 Å². The van der Waals surface area contributed by atoms with Crippen LogP contribution in [-0.4, -0.2) is 14.6 Å². The van der Waals surface area contributed by atoms with E-state index in [1.54, 1.807) is 17.5 Å². The second-order valence-electron chi connectivity index (χ2n) is 2.55. The average Bonchev–Trinajstić information content (AvgIpc) is 2.87. The van der Waals surface area contributed by atoms with Crippen molar-refractivity contribution in [1.29, 1.82) is 0 Å². The van der Waals surface area contributed by atoms with E-state index in [1.807, 2.05) is 29.6 Å². The molecule has 0 aliphatic rings. The van der Waals surface area contributed by atoms with Crippen LogP contribution < -0.4 is 0 Å². The summed E-state index contributed by atoms with van der Waals surface area (Å²) in [6.45, 7) is 0. The molecule has 0 spiro atoms. The Morgan fingerprint density at radius 3 is 2.67 bits per heavy atom. The first kappa shape index (κ1) is 10.5. The number of aromatic nitrogens is 3. The van der Waals surface area contributed by atoms with Gasteiger partial charge in [-0.25, -0.2) is 4.98 Å². The van der Waals surface area contributed by atoms with Crippen LogP contribution in [0.15, 0.2) is 40.2 Å². The Labute approximate surface area is 100 Å². The zero-order valence-corrected chi connectivity index (χ0v) is 10.1. The molecular formula is C9H7N3S3. The zero-order valence-electron chi connectivity index (χ0n) is 7.57. The summed E-state index contributed by atoms with van der Waals surface area (Å²) in [5.41, 5.74) is 1.04. The summed E-state index contributed by atoms with van der Waals surface area (Å²) in [7, 11) is 0. The molecule has 0 aliphatic carbocycles. The van der Waals surface area contributed by atoms with Crippen LogP contribution in [0.3, 0.4) is 0 Å². The highest BCUT2D eigenvalue weighted by molar-refractivity contribution is 7.82. The number of hydrogen-bond acceptors (Lipinski definition) is 6. The fraction of sp³-hybridized carbons (Fsp3) is 0. The van der Waals surface area contributed by atoms with Crippen molar-refractivity contribution < 1.29 is 0 Å². The lowest BCUT2D eigenvalue weighted by molar-refractivity contribution is 1.16. The molecule has 3 rings (SSSR count). The second kappa shape index (κ2) is 5.20. The number of hydrogen-bond donors (Lipinski definition) is 1. The van der Waals surface area contributed by atoms with Crippen molar-refractivity contribution in [1.82, 2.24) is 14.6 Å². The molecule has 2 heterocycles. The molecule has 0 fully saturated rings. The van der Waals surface area contributed by atoms with Crippen LogP contribution in [0.4, 0.5) is 0 Å². The van der Waals surface area contributed by atoms with Gasteiger partial charge >= 0.3 is 0 Å². The average molecular weight is 253 g/mol. The van der Waals surface area contributed by atoms with Crippen LogP contribution in [0.5, 0.6) is 0 Å². The number of nitrogens with zero attached hydrogens (tertiary/aromatic N) is 3. The summed E-state index contributed by atoms with van der Waals surface area (Å²) in [6.07, 6.45) is 1.66. The zero-order chi connectivity index (χ0) is 10.5. The maximum Gasteiger partial charge on any atom is 0.148 e. The lowest BCUT2D eigenvalue weighted by Gasteiger charge is -1.80. The van der Waals surface area contributed by atoms with Crippen LogP contribution in [0.2, 0.25) is 0 Å². The third kappa shape index (κ3) is 2.98. The lowest BCUT2D eigenvalue weighted by Crippen LogP contribution is -1.63. The molecule has 0 atom stereocenters. The number of thiol groups is 1. The minimum Gasteiger partial charge on any atom is -0.230 e. The molecule has 3 nitrogen and oxygen atoms in total. The molecule has 0 saturated heterocycles. The maximum absolute atomic E-state index is 4.20. The van der Waals surface area contributed by atoms with Crippen LogP contribution in [0, 0.1) is 0 Å². The van der Waals surface area contributed by atoms with Gasteiger partial charge in [0.1, 0.15) is 4.34 Å². The Hall–Kier alpha value is -0.980. The molecule has 0 saturated carbocycles. The molecule has 2 aromatic heterocycles. The molecule has 3 aromatic rings. The van der Waals surface area contributed by atoms with Crippen molar-refractivity contribution in [3.05, 3.63) is 35.8 Å². The van der Waals surface area contributed by atoms with Gasteiger partial charge in [-0.3, -0.25) is 0 Å². The number of rotatable bonds is 0. The van der Waals surface area contributed by atoms with Crippen LogP contribution in [0.1, 0.15) is 0 Å². The van der Waals surface area contributed by atoms with E-state index in [0.29, 0.717) is 0 Å². The Morgan fingerprint density at radius 2 is 2.07 bits per heavy atom. The first-order valence-corrected chi connectivity index (χ1v) is 6.22. The van der Waals surface area contributed by atoms with Gasteiger partial charge in [-0.05, 0) is 23.7 Å². The highest BCUT2D eigenvalue weighted by Gasteiger charge is 1.96. The van der Waals surface area contributed by atoms with E-state index in [4.69, 9.17) is 0 Å². The fourth-order valence-corrected chi connectivity index (χ4v) is 2.38. The van der Waals surface area contributed by atoms with Crippen molar-refractivity contribution in [3.63, 3.8) is 0 Å². The van der Waals surface area contributed by atoms with Crippen molar-refractivity contribution >= 4 is 45.7 Å². The first-order valence-electron chi connectivity index (χ1n) is 4.12. The third-order valence-corrected chi connectivity index (χ3v) is 3.21. The number of fused-ring (bicyclic) bond motifs is 1. The molecule has 0 radical (unpaired) electrons. The van der Waals surface area contributed by atoms with E-state index >= 15 is 0 Å². The molecule has 0 bridgehead atoms. The number of para-hydroxylation sites is 1. The van der Waals surface area contributed by atoms with Gasteiger partial charge in [0.15, 0.2) is 0 Å². The molecule has 0 aliphatic heterocycles. The minimum absolute atomic E-state index is 0.834. The van der Waals surface area contributed by atoms with E-state index in [9.17, 15) is 0 Å². The van der Waals surface area contributed by atoms with Crippen LogP contribution in [-0.2, 0) is 0 Å². The SMILES string of the molecule is Sc1nc2ccccc2s1.c1csnn1. The van der Waals surface area contributed by atoms with Gasteiger partial charge in [0, 0.05) is 5.38 Å². The van der Waals surface area contributed by atoms with Crippen LogP contribution >= 0.6 is 35.5 Å². The third-order valence-electron chi connectivity index (χ3n) is 1.57. The van der Waals surface area contributed by atoms with Gasteiger partial charge in [-0.1, -0.05) is 16.6 Å². The van der Waals surface area contributed by atoms with Crippen molar-refractivity contribution in [2.24, 2.45) is 0 Å². The first-order chi connectivity index (χ1) is 7.36. The Morgan fingerprint density at radius 1 is 1.20 bits per heavy atom. The summed E-state index contributed by atoms with van der Waals surface area (Å²) >= 11 is 7.11. The quantitative estimate of drug-likeness (QED) is 0.626. The van der Waals surface area contributed by atoms with Gasteiger partial charge in [0.25, 0.3) is 0 Å². The summed E-state index contributed by atoms with van der Waals surface area (Å²) in [5, 5.41) is 5.31. The number of benzene rings is 1. The normalized spacial score (nSPS) is 9.67. The predicted octanol–water partition coefficient (Wildman–Crippen LogP) is 3.12. The number of thiazole rings is 1. The second-order valence-corrected chi connectivity index (χ2v) is 4.95. The van der Waals surface area contributed by atoms with Crippen molar-refractivity contribution in [3.8, 4) is 0 Å². The summed E-state index contributed by atoms with van der Waals surface area (Å²) < 4.78 is 5.55. The summed E-state index contributed by atoms with van der Waals surface area (Å²) in [6, 6.07) is 8.03. The van der Waals surface area contributed by atoms with Gasteiger partial charge in [-0.15, -0.1) is 29.1 Å². The largest absolute Gasteiger partial charge is 0.230 e. The Bertz CT molecular complexity index is 468. The molecule has 76 valence electrons. The highest BCUT2D eigenvalue weighted by Crippen LogP contribution is 2.23. The highest BCUT2D eigenvalue weighted by atomic mass is 32.2. The molecule has 0 N–H and O–H groups in total. The van der Waals surface area contributed by atoms with Crippen LogP contribution in [0.25, 0.3) is 10.2 Å². The smallest absolute Gasteiger partial charge is 0.148 e. The lowest BCUT2D eigenvalue weighted by atomic mass is 10.3. The maximum atomic E-state index is 4.20. The summed E-state index contributed by atoms with van der Waals surface area (Å²) in [4.78, 5) is 4.20. The van der Waals surface area contributed by atoms with E-state index in [0.717, 1.165) is 9.86 Å². The van der Waals surface area contributed by atoms with Gasteiger partial charge < -0.3 is 0 Å².